The third kappa shape index (κ3) is 3.59. The van der Waals surface area contributed by atoms with Gasteiger partial charge in [-0.3, -0.25) is 4.79 Å². The second-order valence-corrected chi connectivity index (χ2v) is 5.94. The van der Waals surface area contributed by atoms with Gasteiger partial charge in [-0.2, -0.15) is 0 Å². The standard InChI is InChI=1S/C15H11BrCl2O/c16-12-8-6-11(7-9-12)15(19)14(18)13(17)10-4-2-1-3-5-10/h1-9,13-14H/t13-,14-/m1/s1. The van der Waals surface area contributed by atoms with Gasteiger partial charge in [0.15, 0.2) is 5.78 Å². The van der Waals surface area contributed by atoms with Crippen LogP contribution in [0.25, 0.3) is 0 Å². The van der Waals surface area contributed by atoms with E-state index in [2.05, 4.69) is 15.9 Å². The molecule has 2 atom stereocenters. The Hall–Kier alpha value is -0.830. The van der Waals surface area contributed by atoms with Crippen LogP contribution in [0.3, 0.4) is 0 Å². The summed E-state index contributed by atoms with van der Waals surface area (Å²) in [5.41, 5.74) is 1.40. The van der Waals surface area contributed by atoms with Gasteiger partial charge in [-0.1, -0.05) is 58.4 Å². The quantitative estimate of drug-likeness (QED) is 0.541. The van der Waals surface area contributed by atoms with E-state index >= 15 is 0 Å². The lowest BCUT2D eigenvalue weighted by Gasteiger charge is -2.15. The fourth-order valence-corrected chi connectivity index (χ4v) is 2.51. The van der Waals surface area contributed by atoms with Gasteiger partial charge in [0.1, 0.15) is 5.38 Å². The van der Waals surface area contributed by atoms with Gasteiger partial charge < -0.3 is 0 Å². The van der Waals surface area contributed by atoms with Crippen LogP contribution in [-0.2, 0) is 0 Å². The maximum atomic E-state index is 12.2. The minimum absolute atomic E-state index is 0.169. The monoisotopic (exact) mass is 356 g/mol. The summed E-state index contributed by atoms with van der Waals surface area (Å²) in [5, 5.41) is -1.33. The number of halogens is 3. The van der Waals surface area contributed by atoms with Gasteiger partial charge in [-0.15, -0.1) is 23.2 Å². The summed E-state index contributed by atoms with van der Waals surface area (Å²) in [5.74, 6) is -0.169. The number of benzene rings is 2. The molecule has 0 N–H and O–H groups in total. The Balaban J connectivity index is 2.17. The molecule has 98 valence electrons. The highest BCUT2D eigenvalue weighted by Crippen LogP contribution is 2.30. The molecule has 2 aromatic carbocycles. The van der Waals surface area contributed by atoms with Crippen molar-refractivity contribution in [1.82, 2.24) is 0 Å². The molecule has 0 saturated heterocycles. The Morgan fingerprint density at radius 1 is 0.947 bits per heavy atom. The molecule has 0 bridgehead atoms. The molecule has 0 aliphatic heterocycles. The predicted octanol–water partition coefficient (Wildman–Crippen LogP) is 5.22. The molecule has 0 fully saturated rings. The van der Waals surface area contributed by atoms with Crippen molar-refractivity contribution in [2.75, 3.05) is 0 Å². The molecule has 0 aliphatic rings. The zero-order valence-electron chi connectivity index (χ0n) is 9.89. The molecule has 0 amide bonds. The average Bonchev–Trinajstić information content (AvgIpc) is 2.46. The molecule has 0 spiro atoms. The van der Waals surface area contributed by atoms with E-state index in [0.717, 1.165) is 10.0 Å². The summed E-state index contributed by atoms with van der Waals surface area (Å²) >= 11 is 15.8. The number of rotatable bonds is 4. The highest BCUT2D eigenvalue weighted by molar-refractivity contribution is 9.10. The van der Waals surface area contributed by atoms with Crippen molar-refractivity contribution in [3.8, 4) is 0 Å². The third-order valence-corrected chi connectivity index (χ3v) is 4.37. The summed E-state index contributed by atoms with van der Waals surface area (Å²) in [6.07, 6.45) is 0. The highest BCUT2D eigenvalue weighted by Gasteiger charge is 2.26. The van der Waals surface area contributed by atoms with Crippen LogP contribution in [0.2, 0.25) is 0 Å². The molecule has 0 saturated carbocycles. The molecule has 2 rings (SSSR count). The maximum absolute atomic E-state index is 12.2. The van der Waals surface area contributed by atoms with Crippen LogP contribution in [0.15, 0.2) is 59.1 Å². The Bertz CT molecular complexity index is 554. The van der Waals surface area contributed by atoms with Crippen molar-refractivity contribution < 1.29 is 4.79 Å². The van der Waals surface area contributed by atoms with Crippen LogP contribution in [0.5, 0.6) is 0 Å². The van der Waals surface area contributed by atoms with Gasteiger partial charge in [0.05, 0.1) is 5.38 Å². The normalized spacial score (nSPS) is 13.8. The fraction of sp³-hybridized carbons (Fsp3) is 0.133. The number of carbonyl (C=O) groups excluding carboxylic acids is 1. The first kappa shape index (κ1) is 14.6. The first-order valence-corrected chi connectivity index (χ1v) is 7.39. The molecule has 1 nitrogen and oxygen atoms in total. The Kier molecular flexibility index (Phi) is 5.03. The molecule has 0 radical (unpaired) electrons. The van der Waals surface area contributed by atoms with Crippen LogP contribution in [0, 0.1) is 0 Å². The topological polar surface area (TPSA) is 17.1 Å². The Morgan fingerprint density at radius 2 is 1.53 bits per heavy atom. The number of hydrogen-bond acceptors (Lipinski definition) is 1. The van der Waals surface area contributed by atoms with Crippen LogP contribution in [0.4, 0.5) is 0 Å². The molecule has 0 aliphatic carbocycles. The van der Waals surface area contributed by atoms with E-state index in [-0.39, 0.29) is 5.78 Å². The Labute approximate surface area is 130 Å². The third-order valence-electron chi connectivity index (χ3n) is 2.75. The molecule has 4 heteroatoms. The zero-order chi connectivity index (χ0) is 13.8. The summed E-state index contributed by atoms with van der Waals surface area (Å²) in [6.45, 7) is 0. The number of alkyl halides is 2. The largest absolute Gasteiger partial charge is 0.292 e. The van der Waals surface area contributed by atoms with E-state index in [1.807, 2.05) is 42.5 Å². The van der Waals surface area contributed by atoms with Crippen molar-refractivity contribution >= 4 is 44.9 Å². The summed E-state index contributed by atoms with van der Waals surface area (Å²) in [4.78, 5) is 12.2. The molecule has 2 aromatic rings. The number of hydrogen-bond donors (Lipinski definition) is 0. The molecule has 0 unspecified atom stereocenters. The summed E-state index contributed by atoms with van der Waals surface area (Å²) in [6, 6.07) is 16.4. The predicted molar refractivity (Wildman–Crippen MR) is 83.1 cm³/mol. The minimum atomic E-state index is -0.787. The van der Waals surface area contributed by atoms with Crippen molar-refractivity contribution in [3.05, 3.63) is 70.2 Å². The highest BCUT2D eigenvalue weighted by atomic mass is 79.9. The zero-order valence-corrected chi connectivity index (χ0v) is 13.0. The molecular formula is C15H11BrCl2O. The van der Waals surface area contributed by atoms with Crippen molar-refractivity contribution in [2.24, 2.45) is 0 Å². The number of ketones is 1. The lowest BCUT2D eigenvalue weighted by atomic mass is 10.0. The SMILES string of the molecule is O=C(c1ccc(Br)cc1)[C@H](Cl)[C@H](Cl)c1ccccc1. The van der Waals surface area contributed by atoms with Crippen LogP contribution < -0.4 is 0 Å². The number of Topliss-reactive ketones (excluding diaryl/α,β-unsaturated/α-hetero) is 1. The Morgan fingerprint density at radius 3 is 2.11 bits per heavy atom. The van der Waals surface area contributed by atoms with Crippen LogP contribution >= 0.6 is 39.1 Å². The second-order valence-electron chi connectivity index (χ2n) is 4.09. The minimum Gasteiger partial charge on any atom is -0.292 e. The van der Waals surface area contributed by atoms with Gasteiger partial charge in [-0.05, 0) is 17.7 Å². The van der Waals surface area contributed by atoms with Gasteiger partial charge >= 0.3 is 0 Å². The van der Waals surface area contributed by atoms with Crippen LogP contribution in [0.1, 0.15) is 21.3 Å². The lowest BCUT2D eigenvalue weighted by Crippen LogP contribution is -2.19. The van der Waals surface area contributed by atoms with Gasteiger partial charge in [0.2, 0.25) is 0 Å². The van der Waals surface area contributed by atoms with E-state index < -0.39 is 10.8 Å². The molecule has 0 heterocycles. The maximum Gasteiger partial charge on any atom is 0.182 e. The first-order chi connectivity index (χ1) is 9.09. The lowest BCUT2D eigenvalue weighted by molar-refractivity contribution is 0.0985. The van der Waals surface area contributed by atoms with Crippen molar-refractivity contribution in [2.45, 2.75) is 10.8 Å². The fourth-order valence-electron chi connectivity index (χ4n) is 1.71. The van der Waals surface area contributed by atoms with Gasteiger partial charge in [0, 0.05) is 10.0 Å². The van der Waals surface area contributed by atoms with Crippen molar-refractivity contribution in [3.63, 3.8) is 0 Å². The summed E-state index contributed by atoms with van der Waals surface area (Å²) in [7, 11) is 0. The molecule has 0 aromatic heterocycles. The van der Waals surface area contributed by atoms with E-state index in [9.17, 15) is 4.79 Å². The smallest absolute Gasteiger partial charge is 0.182 e. The van der Waals surface area contributed by atoms with Crippen molar-refractivity contribution in [1.29, 1.82) is 0 Å². The van der Waals surface area contributed by atoms with Gasteiger partial charge in [0.25, 0.3) is 0 Å². The van der Waals surface area contributed by atoms with Gasteiger partial charge in [-0.25, -0.2) is 0 Å². The van der Waals surface area contributed by atoms with E-state index in [4.69, 9.17) is 23.2 Å². The van der Waals surface area contributed by atoms with E-state index in [1.54, 1.807) is 12.1 Å². The molecular weight excluding hydrogens is 347 g/mol. The van der Waals surface area contributed by atoms with E-state index in [1.165, 1.54) is 0 Å². The van der Waals surface area contributed by atoms with Crippen LogP contribution in [-0.4, -0.2) is 11.2 Å². The average molecular weight is 358 g/mol. The number of carbonyl (C=O) groups is 1. The first-order valence-electron chi connectivity index (χ1n) is 5.72. The summed E-state index contributed by atoms with van der Waals surface area (Å²) < 4.78 is 0.917. The van der Waals surface area contributed by atoms with E-state index in [0.29, 0.717) is 5.56 Å². The second kappa shape index (κ2) is 6.56. The molecule has 19 heavy (non-hydrogen) atoms.